The molecule has 29 heavy (non-hydrogen) atoms. The largest absolute Gasteiger partial charge is 0.417 e. The topological polar surface area (TPSA) is 90.5 Å². The van der Waals surface area contributed by atoms with Gasteiger partial charge in [0.15, 0.2) is 5.82 Å². The first-order valence-electron chi connectivity index (χ1n) is 8.47. The number of nitrogens with one attached hydrogen (secondary N) is 1. The Labute approximate surface area is 162 Å². The van der Waals surface area contributed by atoms with Gasteiger partial charge in [-0.1, -0.05) is 0 Å². The lowest BCUT2D eigenvalue weighted by molar-refractivity contribution is -0.137. The van der Waals surface area contributed by atoms with E-state index in [-0.39, 0.29) is 17.4 Å². The van der Waals surface area contributed by atoms with Crippen LogP contribution in [0.4, 0.5) is 13.2 Å². The minimum atomic E-state index is -4.44. The summed E-state index contributed by atoms with van der Waals surface area (Å²) >= 11 is 0. The molecule has 0 aliphatic rings. The van der Waals surface area contributed by atoms with Gasteiger partial charge in [-0.05, 0) is 24.3 Å². The number of carbonyl (C=O) groups excluding carboxylic acids is 1. The maximum atomic E-state index is 12.7. The molecule has 148 valence electrons. The average molecular weight is 401 g/mol. The van der Waals surface area contributed by atoms with Crippen molar-refractivity contribution >= 4 is 16.8 Å². The van der Waals surface area contributed by atoms with E-state index >= 15 is 0 Å². The zero-order valence-corrected chi connectivity index (χ0v) is 15.1. The van der Waals surface area contributed by atoms with E-state index in [0.717, 1.165) is 12.3 Å². The van der Waals surface area contributed by atoms with E-state index in [2.05, 4.69) is 25.5 Å². The molecule has 4 aromatic rings. The maximum Gasteiger partial charge on any atom is 0.417 e. The zero-order valence-electron chi connectivity index (χ0n) is 15.1. The van der Waals surface area contributed by atoms with Gasteiger partial charge in [-0.25, -0.2) is 9.67 Å². The molecule has 0 saturated carbocycles. The molecule has 1 amide bonds. The molecule has 0 aromatic carbocycles. The third-order valence-corrected chi connectivity index (χ3v) is 4.20. The molecule has 4 aromatic heterocycles. The van der Waals surface area contributed by atoms with Crippen LogP contribution in [-0.4, -0.2) is 42.5 Å². The smallest absolute Gasteiger partial charge is 0.354 e. The van der Waals surface area contributed by atoms with Crippen LogP contribution >= 0.6 is 0 Å². The minimum Gasteiger partial charge on any atom is -0.354 e. The molecule has 0 fully saturated rings. The fraction of sp³-hybridized carbons (Fsp3) is 0.167. The summed E-state index contributed by atoms with van der Waals surface area (Å²) in [6.07, 6.45) is 1.14. The first-order chi connectivity index (χ1) is 13.8. The fourth-order valence-electron chi connectivity index (χ4n) is 2.80. The van der Waals surface area contributed by atoms with E-state index < -0.39 is 11.7 Å². The average Bonchev–Trinajstić information content (AvgIpc) is 3.33. The highest BCUT2D eigenvalue weighted by molar-refractivity contribution is 6.03. The van der Waals surface area contributed by atoms with E-state index in [9.17, 15) is 18.0 Å². The van der Waals surface area contributed by atoms with Crippen molar-refractivity contribution in [3.05, 3.63) is 66.0 Å². The quantitative estimate of drug-likeness (QED) is 0.567. The minimum absolute atomic E-state index is 0.265. The molecule has 0 aliphatic carbocycles. The summed E-state index contributed by atoms with van der Waals surface area (Å²) in [7, 11) is 1.52. The highest BCUT2D eigenvalue weighted by atomic mass is 19.4. The summed E-state index contributed by atoms with van der Waals surface area (Å²) in [5.41, 5.74) is 0.685. The van der Waals surface area contributed by atoms with Gasteiger partial charge in [0.05, 0.1) is 28.7 Å². The lowest BCUT2D eigenvalue weighted by Crippen LogP contribution is -2.19. The van der Waals surface area contributed by atoms with Crippen molar-refractivity contribution in [1.29, 1.82) is 0 Å². The van der Waals surface area contributed by atoms with Crippen LogP contribution in [-0.2, 0) is 12.7 Å². The number of alkyl halides is 3. The number of nitrogens with zero attached hydrogens (tertiary/aromatic N) is 6. The summed E-state index contributed by atoms with van der Waals surface area (Å²) in [6.45, 7) is 0.301. The Kier molecular flexibility index (Phi) is 4.49. The van der Waals surface area contributed by atoms with E-state index in [4.69, 9.17) is 0 Å². The molecule has 4 heterocycles. The van der Waals surface area contributed by atoms with Crippen molar-refractivity contribution < 1.29 is 18.0 Å². The van der Waals surface area contributed by atoms with Crippen molar-refractivity contribution in [2.75, 3.05) is 7.05 Å². The zero-order chi connectivity index (χ0) is 20.6. The number of amides is 1. The number of hydrogen-bond donors (Lipinski definition) is 1. The predicted octanol–water partition coefficient (Wildman–Crippen LogP) is 2.44. The Bertz CT molecular complexity index is 1180. The van der Waals surface area contributed by atoms with Gasteiger partial charge in [0.25, 0.3) is 5.91 Å². The Morgan fingerprint density at radius 3 is 2.66 bits per heavy atom. The monoisotopic (exact) mass is 401 g/mol. The summed E-state index contributed by atoms with van der Waals surface area (Å²) in [5.74, 6) is -0.0474. The van der Waals surface area contributed by atoms with Crippen LogP contribution in [0.3, 0.4) is 0 Å². The number of carbonyl (C=O) groups is 1. The summed E-state index contributed by atoms with van der Waals surface area (Å²) in [6, 6.07) is 5.62. The van der Waals surface area contributed by atoms with Crippen LogP contribution in [0.25, 0.3) is 16.7 Å². The van der Waals surface area contributed by atoms with Crippen molar-refractivity contribution in [3.63, 3.8) is 0 Å². The van der Waals surface area contributed by atoms with Gasteiger partial charge in [-0.15, -0.1) is 0 Å². The lowest BCUT2D eigenvalue weighted by Gasteiger charge is -2.06. The number of fused-ring (bicyclic) bond motifs is 1. The van der Waals surface area contributed by atoms with Crippen LogP contribution in [0.15, 0.2) is 49.1 Å². The molecular formula is C18H14F3N7O. The molecule has 0 bridgehead atoms. The molecular weight excluding hydrogens is 387 g/mol. The Morgan fingerprint density at radius 1 is 1.14 bits per heavy atom. The normalized spacial score (nSPS) is 11.7. The predicted molar refractivity (Wildman–Crippen MR) is 96.4 cm³/mol. The second kappa shape index (κ2) is 7.00. The standard InChI is InChI=1S/C18H14F3N7O/c1-22-17(29)16-13-10-27(26-14(13)4-6-23-16)9-12-5-7-28(25-12)15-3-2-11(8-24-15)18(19,20)21/h2-8,10H,9H2,1H3,(H,22,29). The number of rotatable bonds is 4. The molecule has 11 heteroatoms. The van der Waals surface area contributed by atoms with Gasteiger partial charge >= 0.3 is 6.18 Å². The van der Waals surface area contributed by atoms with Crippen molar-refractivity contribution in [3.8, 4) is 5.82 Å². The van der Waals surface area contributed by atoms with Crippen LogP contribution in [0, 0.1) is 0 Å². The molecule has 0 saturated heterocycles. The molecule has 0 radical (unpaired) electrons. The Balaban J connectivity index is 1.57. The highest BCUT2D eigenvalue weighted by Gasteiger charge is 2.30. The van der Waals surface area contributed by atoms with Crippen molar-refractivity contribution in [2.24, 2.45) is 0 Å². The van der Waals surface area contributed by atoms with Crippen LogP contribution in [0.5, 0.6) is 0 Å². The number of hydrogen-bond acceptors (Lipinski definition) is 5. The second-order valence-corrected chi connectivity index (χ2v) is 6.15. The van der Waals surface area contributed by atoms with Gasteiger partial charge in [-0.3, -0.25) is 14.5 Å². The number of aromatic nitrogens is 6. The van der Waals surface area contributed by atoms with E-state index in [0.29, 0.717) is 23.1 Å². The molecule has 0 aliphatic heterocycles. The molecule has 1 N–H and O–H groups in total. The molecule has 0 atom stereocenters. The maximum absolute atomic E-state index is 12.7. The van der Waals surface area contributed by atoms with E-state index in [1.165, 1.54) is 24.0 Å². The summed E-state index contributed by atoms with van der Waals surface area (Å²) in [5, 5.41) is 11.9. The lowest BCUT2D eigenvalue weighted by atomic mass is 10.2. The van der Waals surface area contributed by atoms with Gasteiger partial charge in [0, 0.05) is 31.8 Å². The number of pyridine rings is 2. The Hall–Kier alpha value is -3.76. The van der Waals surface area contributed by atoms with Crippen LogP contribution in [0.2, 0.25) is 0 Å². The fourth-order valence-corrected chi connectivity index (χ4v) is 2.80. The SMILES string of the molecule is CNC(=O)c1nccc2nn(Cc3ccn(-c4ccc(C(F)(F)F)cn4)n3)cc12. The Morgan fingerprint density at radius 2 is 1.97 bits per heavy atom. The van der Waals surface area contributed by atoms with Crippen LogP contribution in [0.1, 0.15) is 21.7 Å². The molecule has 0 spiro atoms. The third kappa shape index (κ3) is 3.66. The highest BCUT2D eigenvalue weighted by Crippen LogP contribution is 2.28. The first-order valence-corrected chi connectivity index (χ1v) is 8.47. The van der Waals surface area contributed by atoms with E-state index in [1.54, 1.807) is 29.2 Å². The first kappa shape index (κ1) is 18.6. The van der Waals surface area contributed by atoms with Crippen LogP contribution < -0.4 is 5.32 Å². The summed E-state index contributed by atoms with van der Waals surface area (Å²) in [4.78, 5) is 19.8. The van der Waals surface area contributed by atoms with E-state index in [1.807, 2.05) is 0 Å². The second-order valence-electron chi connectivity index (χ2n) is 6.15. The molecule has 4 rings (SSSR count). The van der Waals surface area contributed by atoms with Crippen molar-refractivity contribution in [2.45, 2.75) is 12.7 Å². The van der Waals surface area contributed by atoms with Gasteiger partial charge in [0.1, 0.15) is 5.69 Å². The summed E-state index contributed by atoms with van der Waals surface area (Å²) < 4.78 is 41.0. The van der Waals surface area contributed by atoms with Gasteiger partial charge in [-0.2, -0.15) is 23.4 Å². The van der Waals surface area contributed by atoms with Crippen molar-refractivity contribution in [1.82, 2.24) is 34.8 Å². The van der Waals surface area contributed by atoms with Gasteiger partial charge < -0.3 is 5.32 Å². The third-order valence-electron chi connectivity index (χ3n) is 4.20. The molecule has 0 unspecified atom stereocenters. The van der Waals surface area contributed by atoms with Gasteiger partial charge in [0.2, 0.25) is 0 Å². The molecule has 8 nitrogen and oxygen atoms in total. The number of halogens is 3.